The van der Waals surface area contributed by atoms with E-state index < -0.39 is 6.10 Å². The molecule has 0 bridgehead atoms. The van der Waals surface area contributed by atoms with Crippen molar-refractivity contribution < 1.29 is 14.3 Å². The van der Waals surface area contributed by atoms with Crippen molar-refractivity contribution in [1.29, 1.82) is 0 Å². The van der Waals surface area contributed by atoms with Gasteiger partial charge in [-0.3, -0.25) is 9.78 Å². The molecule has 1 N–H and O–H groups in total. The molecule has 32 heavy (non-hydrogen) atoms. The van der Waals surface area contributed by atoms with Crippen LogP contribution in [0.25, 0.3) is 11.4 Å². The monoisotopic (exact) mass is 432 g/mol. The highest BCUT2D eigenvalue weighted by Gasteiger charge is 2.35. The Balaban J connectivity index is 1.53. The van der Waals surface area contributed by atoms with Gasteiger partial charge in [-0.15, -0.1) is 0 Å². The van der Waals surface area contributed by atoms with Crippen molar-refractivity contribution in [2.45, 2.75) is 45.8 Å². The first-order valence-electron chi connectivity index (χ1n) is 10.7. The Hall–Kier alpha value is -3.48. The number of amides is 1. The molecule has 0 saturated heterocycles. The van der Waals surface area contributed by atoms with Gasteiger partial charge in [-0.1, -0.05) is 19.9 Å². The highest BCUT2D eigenvalue weighted by atomic mass is 16.5. The number of hydrogen-bond donors (Lipinski definition) is 1. The lowest BCUT2D eigenvalue weighted by molar-refractivity contribution is -0.128. The van der Waals surface area contributed by atoms with Gasteiger partial charge in [-0.25, -0.2) is 9.97 Å². The highest BCUT2D eigenvalue weighted by Crippen LogP contribution is 2.40. The molecule has 2 heterocycles. The van der Waals surface area contributed by atoms with Crippen molar-refractivity contribution in [3.63, 3.8) is 0 Å². The van der Waals surface area contributed by atoms with E-state index in [9.17, 15) is 4.79 Å². The summed E-state index contributed by atoms with van der Waals surface area (Å²) in [4.78, 5) is 26.4. The summed E-state index contributed by atoms with van der Waals surface area (Å²) in [5.41, 5.74) is 2.84. The molecule has 7 heteroatoms. The molecule has 166 valence electrons. The molecule has 0 radical (unpaired) electrons. The van der Waals surface area contributed by atoms with Crippen LogP contribution in [0.2, 0.25) is 0 Å². The van der Waals surface area contributed by atoms with E-state index >= 15 is 0 Å². The Kier molecular flexibility index (Phi) is 6.08. The second-order valence-corrected chi connectivity index (χ2v) is 8.88. The van der Waals surface area contributed by atoms with Gasteiger partial charge < -0.3 is 14.8 Å². The number of aromatic nitrogens is 3. The van der Waals surface area contributed by atoms with E-state index in [4.69, 9.17) is 14.5 Å². The predicted molar refractivity (Wildman–Crippen MR) is 121 cm³/mol. The van der Waals surface area contributed by atoms with E-state index in [0.717, 1.165) is 29.7 Å². The molecule has 0 fully saturated rings. The largest absolute Gasteiger partial charge is 0.497 e. The molecule has 1 aromatic carbocycles. The number of pyridine rings is 1. The average Bonchev–Trinajstić information content (AvgIpc) is 2.78. The maximum atomic E-state index is 13.0. The molecule has 1 amide bonds. The lowest BCUT2D eigenvalue weighted by Crippen LogP contribution is -2.42. The molecule has 0 saturated carbocycles. The van der Waals surface area contributed by atoms with Crippen LogP contribution < -0.4 is 14.8 Å². The molecule has 4 rings (SSSR count). The van der Waals surface area contributed by atoms with Crippen molar-refractivity contribution in [3.8, 4) is 22.9 Å². The minimum Gasteiger partial charge on any atom is -0.497 e. The van der Waals surface area contributed by atoms with Gasteiger partial charge in [0, 0.05) is 35.8 Å². The lowest BCUT2D eigenvalue weighted by atomic mass is 9.74. The zero-order chi connectivity index (χ0) is 22.7. The van der Waals surface area contributed by atoms with Crippen LogP contribution in [0.1, 0.15) is 44.5 Å². The fraction of sp³-hybridized carbons (Fsp3) is 0.360. The van der Waals surface area contributed by atoms with Gasteiger partial charge in [0.1, 0.15) is 11.5 Å². The van der Waals surface area contributed by atoms with E-state index in [0.29, 0.717) is 17.3 Å². The molecule has 2 atom stereocenters. The third kappa shape index (κ3) is 4.88. The van der Waals surface area contributed by atoms with Crippen molar-refractivity contribution >= 4 is 5.91 Å². The molecular formula is C25H28N4O3. The molecule has 1 aliphatic rings. The van der Waals surface area contributed by atoms with Gasteiger partial charge in [0.05, 0.1) is 18.8 Å². The number of nitrogens with one attached hydrogen (secondary N) is 1. The number of hydrogen-bond acceptors (Lipinski definition) is 6. The molecule has 2 aromatic heterocycles. The highest BCUT2D eigenvalue weighted by molar-refractivity contribution is 5.81. The number of carbonyl (C=O) groups is 1. The Morgan fingerprint density at radius 3 is 2.69 bits per heavy atom. The van der Waals surface area contributed by atoms with Gasteiger partial charge in [-0.2, -0.15) is 0 Å². The van der Waals surface area contributed by atoms with Crippen LogP contribution in [0.4, 0.5) is 0 Å². The van der Waals surface area contributed by atoms with Crippen LogP contribution in [0.15, 0.2) is 55.0 Å². The Morgan fingerprint density at radius 2 is 1.94 bits per heavy atom. The van der Waals surface area contributed by atoms with Crippen LogP contribution in [-0.4, -0.2) is 34.1 Å². The molecule has 0 aliphatic heterocycles. The average molecular weight is 433 g/mol. The van der Waals surface area contributed by atoms with E-state index in [1.165, 1.54) is 0 Å². The third-order valence-corrected chi connectivity index (χ3v) is 5.66. The smallest absolute Gasteiger partial charge is 0.261 e. The normalized spacial score (nSPS) is 17.7. The fourth-order valence-electron chi connectivity index (χ4n) is 4.04. The Bertz CT molecular complexity index is 1100. The molecule has 1 aliphatic carbocycles. The summed E-state index contributed by atoms with van der Waals surface area (Å²) in [6.45, 7) is 6.13. The van der Waals surface area contributed by atoms with E-state index in [1.54, 1.807) is 38.6 Å². The minimum atomic E-state index is -0.660. The number of benzene rings is 1. The van der Waals surface area contributed by atoms with E-state index in [2.05, 4.69) is 29.1 Å². The second kappa shape index (κ2) is 8.94. The first-order chi connectivity index (χ1) is 15.3. The van der Waals surface area contributed by atoms with Crippen LogP contribution in [0, 0.1) is 5.41 Å². The Morgan fingerprint density at radius 1 is 1.19 bits per heavy atom. The number of fused-ring (bicyclic) bond motifs is 1. The third-order valence-electron chi connectivity index (χ3n) is 5.66. The van der Waals surface area contributed by atoms with Crippen LogP contribution in [0.3, 0.4) is 0 Å². The number of nitrogens with zero attached hydrogens (tertiary/aromatic N) is 3. The van der Waals surface area contributed by atoms with Crippen LogP contribution >= 0.6 is 0 Å². The first kappa shape index (κ1) is 21.7. The summed E-state index contributed by atoms with van der Waals surface area (Å²) in [6.07, 6.45) is 6.27. The fourth-order valence-corrected chi connectivity index (χ4v) is 4.04. The molecule has 0 unspecified atom stereocenters. The van der Waals surface area contributed by atoms with E-state index in [1.807, 2.05) is 30.5 Å². The van der Waals surface area contributed by atoms with Gasteiger partial charge in [-0.05, 0) is 49.4 Å². The summed E-state index contributed by atoms with van der Waals surface area (Å²) in [5, 5.41) is 3.15. The quantitative estimate of drug-likeness (QED) is 0.630. The SMILES string of the molecule is COc1cccc(O[C@H](C)C(=O)N[C@H]2CC(C)(C)Cc3nc(-c4ccncc4)ncc32)c1. The molecular weight excluding hydrogens is 404 g/mol. The van der Waals surface area contributed by atoms with Crippen molar-refractivity contribution in [3.05, 3.63) is 66.2 Å². The van der Waals surface area contributed by atoms with Crippen molar-refractivity contribution in [2.24, 2.45) is 5.41 Å². The maximum absolute atomic E-state index is 13.0. The number of carbonyl (C=O) groups excluding carboxylic acids is 1. The lowest BCUT2D eigenvalue weighted by Gasteiger charge is -2.37. The van der Waals surface area contributed by atoms with Gasteiger partial charge in [0.25, 0.3) is 5.91 Å². The van der Waals surface area contributed by atoms with Gasteiger partial charge in [0.2, 0.25) is 0 Å². The second-order valence-electron chi connectivity index (χ2n) is 8.88. The summed E-state index contributed by atoms with van der Waals surface area (Å²) >= 11 is 0. The van der Waals surface area contributed by atoms with Crippen molar-refractivity contribution in [2.75, 3.05) is 7.11 Å². The Labute approximate surface area is 188 Å². The summed E-state index contributed by atoms with van der Waals surface area (Å²) in [5.74, 6) is 1.75. The molecule has 0 spiro atoms. The maximum Gasteiger partial charge on any atom is 0.261 e. The summed E-state index contributed by atoms with van der Waals surface area (Å²) in [6, 6.07) is 10.8. The minimum absolute atomic E-state index is 0.00823. The first-order valence-corrected chi connectivity index (χ1v) is 10.7. The van der Waals surface area contributed by atoms with Crippen LogP contribution in [-0.2, 0) is 11.2 Å². The summed E-state index contributed by atoms with van der Waals surface area (Å²) in [7, 11) is 1.60. The number of ether oxygens (including phenoxy) is 2. The molecule has 7 nitrogen and oxygen atoms in total. The zero-order valence-electron chi connectivity index (χ0n) is 18.8. The van der Waals surface area contributed by atoms with Gasteiger partial charge >= 0.3 is 0 Å². The topological polar surface area (TPSA) is 86.2 Å². The van der Waals surface area contributed by atoms with Crippen LogP contribution in [0.5, 0.6) is 11.5 Å². The molecule has 3 aromatic rings. The number of methoxy groups -OCH3 is 1. The zero-order valence-corrected chi connectivity index (χ0v) is 18.8. The van der Waals surface area contributed by atoms with E-state index in [-0.39, 0.29) is 17.4 Å². The number of rotatable bonds is 6. The van der Waals surface area contributed by atoms with Gasteiger partial charge in [0.15, 0.2) is 11.9 Å². The summed E-state index contributed by atoms with van der Waals surface area (Å²) < 4.78 is 11.1. The standard InChI is InChI=1S/C25H28N4O3/c1-16(32-19-7-5-6-18(12-19)31-4)24(30)29-22-14-25(2,3)13-21-20(22)15-27-23(28-21)17-8-10-26-11-9-17/h5-12,15-16,22H,13-14H2,1-4H3,(H,29,30)/t16-,22+/m1/s1. The predicted octanol–water partition coefficient (Wildman–Crippen LogP) is 4.14. The van der Waals surface area contributed by atoms with Crippen molar-refractivity contribution in [1.82, 2.24) is 20.3 Å².